The second kappa shape index (κ2) is 7.60. The van der Waals surface area contributed by atoms with Gasteiger partial charge in [-0.1, -0.05) is 59.4 Å². The Morgan fingerprint density at radius 3 is 2.62 bits per heavy atom. The highest BCUT2D eigenvalue weighted by molar-refractivity contribution is 6.59. The molecule has 2 aromatic carbocycles. The van der Waals surface area contributed by atoms with Crippen LogP contribution in [0.4, 0.5) is 0 Å². The first-order valence-electron chi connectivity index (χ1n) is 7.09. The highest BCUT2D eigenvalue weighted by Crippen LogP contribution is 2.02. The number of esters is 1. The minimum atomic E-state index is -0.566. The van der Waals surface area contributed by atoms with Crippen molar-refractivity contribution >= 4 is 20.7 Å². The zero-order chi connectivity index (χ0) is 15.1. The molecule has 0 aromatic heterocycles. The predicted molar refractivity (Wildman–Crippen MR) is 89.5 cm³/mol. The molecule has 0 amide bonds. The predicted octanol–water partition coefficient (Wildman–Crippen LogP) is 2.35. The average Bonchev–Trinajstić information content (AvgIpc) is 2.50. The monoisotopic (exact) mass is 296 g/mol. The molecule has 0 atom stereocenters. The topological polar surface area (TPSA) is 26.3 Å². The van der Waals surface area contributed by atoms with E-state index in [9.17, 15) is 4.79 Å². The summed E-state index contributed by atoms with van der Waals surface area (Å²) in [5, 5.41) is 1.38. The highest BCUT2D eigenvalue weighted by atomic mass is 28.2. The van der Waals surface area contributed by atoms with Crippen LogP contribution in [0, 0.1) is 13.8 Å². The first-order chi connectivity index (χ1) is 10.2. The quantitative estimate of drug-likeness (QED) is 0.481. The summed E-state index contributed by atoms with van der Waals surface area (Å²) in [5.41, 5.74) is 5.65. The van der Waals surface area contributed by atoms with Gasteiger partial charge in [-0.15, -0.1) is 0 Å². The van der Waals surface area contributed by atoms with Crippen LogP contribution in [-0.4, -0.2) is 15.5 Å². The lowest BCUT2D eigenvalue weighted by atomic mass is 10.1. The molecule has 3 heteroatoms. The number of rotatable bonds is 5. The molecule has 2 aromatic rings. The van der Waals surface area contributed by atoms with Crippen molar-refractivity contribution in [1.29, 1.82) is 0 Å². The molecule has 0 aliphatic rings. The van der Waals surface area contributed by atoms with E-state index in [1.165, 1.54) is 16.3 Å². The molecule has 21 heavy (non-hydrogen) atoms. The molecule has 0 fully saturated rings. The molecule has 108 valence electrons. The first-order valence-corrected chi connectivity index (χ1v) is 8.61. The zero-order valence-corrected chi connectivity index (χ0v) is 13.9. The maximum absolute atomic E-state index is 11.7. The van der Waals surface area contributed by atoms with Crippen molar-refractivity contribution in [2.45, 2.75) is 20.5 Å². The summed E-state index contributed by atoms with van der Waals surface area (Å²) in [5.74, 6) is -0.267. The van der Waals surface area contributed by atoms with E-state index in [1.807, 2.05) is 36.0 Å². The standard InChI is InChI=1S/C18H20O2Si/c1-14-7-6-10-17(15(14)2)21-12-11-18(19)20-13-16-8-4-3-5-9-16/h3-12H,13,21H2,1-2H3. The maximum atomic E-state index is 11.7. The van der Waals surface area contributed by atoms with E-state index in [1.54, 1.807) is 6.08 Å². The van der Waals surface area contributed by atoms with E-state index in [4.69, 9.17) is 4.74 Å². The molecule has 0 unspecified atom stereocenters. The van der Waals surface area contributed by atoms with Gasteiger partial charge in [0.25, 0.3) is 0 Å². The largest absolute Gasteiger partial charge is 0.458 e. The fraction of sp³-hybridized carbons (Fsp3) is 0.167. The van der Waals surface area contributed by atoms with Crippen LogP contribution in [0.1, 0.15) is 16.7 Å². The van der Waals surface area contributed by atoms with E-state index >= 15 is 0 Å². The summed E-state index contributed by atoms with van der Waals surface area (Å²) in [6, 6.07) is 16.1. The molecule has 0 spiro atoms. The second-order valence-corrected chi connectivity index (χ2v) is 6.70. The molecule has 0 saturated carbocycles. The third-order valence-corrected chi connectivity index (χ3v) is 5.21. The summed E-state index contributed by atoms with van der Waals surface area (Å²) in [7, 11) is -0.566. The second-order valence-electron chi connectivity index (χ2n) is 5.06. The number of hydrogen-bond acceptors (Lipinski definition) is 2. The Balaban J connectivity index is 1.84. The van der Waals surface area contributed by atoms with Crippen LogP contribution in [-0.2, 0) is 16.1 Å². The van der Waals surface area contributed by atoms with Crippen LogP contribution in [0.15, 0.2) is 60.3 Å². The Kier molecular flexibility index (Phi) is 5.52. The van der Waals surface area contributed by atoms with Gasteiger partial charge in [0.1, 0.15) is 6.61 Å². The van der Waals surface area contributed by atoms with E-state index in [0.29, 0.717) is 6.61 Å². The molecule has 0 radical (unpaired) electrons. The van der Waals surface area contributed by atoms with E-state index in [2.05, 4.69) is 32.0 Å². The van der Waals surface area contributed by atoms with Crippen LogP contribution in [0.2, 0.25) is 0 Å². The van der Waals surface area contributed by atoms with Crippen molar-refractivity contribution in [2.24, 2.45) is 0 Å². The Bertz CT molecular complexity index is 633. The van der Waals surface area contributed by atoms with Crippen molar-refractivity contribution < 1.29 is 9.53 Å². The van der Waals surface area contributed by atoms with Crippen molar-refractivity contribution in [3.8, 4) is 0 Å². The summed E-state index contributed by atoms with van der Waals surface area (Å²) in [6.07, 6.45) is 1.57. The number of hydrogen-bond donors (Lipinski definition) is 0. The van der Waals surface area contributed by atoms with E-state index in [-0.39, 0.29) is 5.97 Å². The lowest BCUT2D eigenvalue weighted by Crippen LogP contribution is -2.17. The van der Waals surface area contributed by atoms with Crippen LogP contribution < -0.4 is 5.19 Å². The molecule has 0 bridgehead atoms. The van der Waals surface area contributed by atoms with Crippen molar-refractivity contribution in [3.05, 3.63) is 77.0 Å². The summed E-state index contributed by atoms with van der Waals surface area (Å²) in [6.45, 7) is 4.58. The van der Waals surface area contributed by atoms with E-state index < -0.39 is 9.52 Å². The average molecular weight is 296 g/mol. The molecule has 0 heterocycles. The Morgan fingerprint density at radius 1 is 1.10 bits per heavy atom. The molecular weight excluding hydrogens is 276 g/mol. The van der Waals surface area contributed by atoms with E-state index in [0.717, 1.165) is 5.56 Å². The normalized spacial score (nSPS) is 11.3. The summed E-state index contributed by atoms with van der Waals surface area (Å²) < 4.78 is 5.22. The smallest absolute Gasteiger partial charge is 0.330 e. The SMILES string of the molecule is Cc1cccc([SiH2]C=CC(=O)OCc2ccccc2)c1C. The van der Waals surface area contributed by atoms with Gasteiger partial charge in [-0.3, -0.25) is 0 Å². The maximum Gasteiger partial charge on any atom is 0.330 e. The van der Waals surface area contributed by atoms with Gasteiger partial charge in [0.05, 0.1) is 9.52 Å². The minimum Gasteiger partial charge on any atom is -0.458 e. The zero-order valence-electron chi connectivity index (χ0n) is 12.5. The molecule has 0 aliphatic heterocycles. The Morgan fingerprint density at radius 2 is 1.86 bits per heavy atom. The third kappa shape index (κ3) is 4.72. The molecule has 2 nitrogen and oxygen atoms in total. The van der Waals surface area contributed by atoms with Crippen LogP contribution in [0.5, 0.6) is 0 Å². The van der Waals surface area contributed by atoms with Crippen molar-refractivity contribution in [2.75, 3.05) is 0 Å². The van der Waals surface area contributed by atoms with Crippen LogP contribution in [0.25, 0.3) is 0 Å². The fourth-order valence-electron chi connectivity index (χ4n) is 2.09. The van der Waals surface area contributed by atoms with Gasteiger partial charge in [-0.2, -0.15) is 0 Å². The van der Waals surface area contributed by atoms with Crippen molar-refractivity contribution in [3.63, 3.8) is 0 Å². The number of carbonyl (C=O) groups excluding carboxylic acids is 1. The van der Waals surface area contributed by atoms with Crippen molar-refractivity contribution in [1.82, 2.24) is 0 Å². The number of aryl methyl sites for hydroxylation is 1. The number of ether oxygens (including phenoxy) is 1. The lowest BCUT2D eigenvalue weighted by Gasteiger charge is -2.05. The fourth-order valence-corrected chi connectivity index (χ4v) is 3.51. The molecule has 2 rings (SSSR count). The van der Waals surface area contributed by atoms with Gasteiger partial charge in [-0.05, 0) is 30.5 Å². The van der Waals surface area contributed by atoms with Crippen LogP contribution in [0.3, 0.4) is 0 Å². The van der Waals surface area contributed by atoms with Gasteiger partial charge in [0.15, 0.2) is 0 Å². The summed E-state index contributed by atoms with van der Waals surface area (Å²) in [4.78, 5) is 11.7. The van der Waals surface area contributed by atoms with Gasteiger partial charge in [0, 0.05) is 6.08 Å². The molecule has 0 N–H and O–H groups in total. The summed E-state index contributed by atoms with van der Waals surface area (Å²) >= 11 is 0. The van der Waals surface area contributed by atoms with Gasteiger partial charge in [-0.25, -0.2) is 4.79 Å². The van der Waals surface area contributed by atoms with Gasteiger partial charge >= 0.3 is 5.97 Å². The van der Waals surface area contributed by atoms with Gasteiger partial charge < -0.3 is 4.74 Å². The van der Waals surface area contributed by atoms with Crippen LogP contribution >= 0.6 is 0 Å². The Labute approximate surface area is 128 Å². The minimum absolute atomic E-state index is 0.267. The molecular formula is C18H20O2Si. The first kappa shape index (κ1) is 15.3. The molecule has 0 aliphatic carbocycles. The lowest BCUT2D eigenvalue weighted by molar-refractivity contribution is -0.138. The number of benzene rings is 2. The van der Waals surface area contributed by atoms with Gasteiger partial charge in [0.2, 0.25) is 0 Å². The highest BCUT2D eigenvalue weighted by Gasteiger charge is 2.01. The Hall–Kier alpha value is -2.13. The number of carbonyl (C=O) groups is 1. The molecule has 0 saturated heterocycles. The third-order valence-electron chi connectivity index (χ3n) is 3.53.